The van der Waals surface area contributed by atoms with Gasteiger partial charge in [0.25, 0.3) is 5.91 Å². The summed E-state index contributed by atoms with van der Waals surface area (Å²) in [6.07, 6.45) is 0. The van der Waals surface area contributed by atoms with E-state index in [1.807, 2.05) is 6.07 Å². The quantitative estimate of drug-likeness (QED) is 0.929. The molecule has 0 aliphatic carbocycles. The minimum Gasteiger partial charge on any atom is -0.482 e. The lowest BCUT2D eigenvalue weighted by atomic mass is 10.1. The molecule has 1 N–H and O–H groups in total. The number of benzene rings is 1. The molecule has 1 amide bonds. The molecule has 0 bridgehead atoms. The van der Waals surface area contributed by atoms with Crippen molar-refractivity contribution in [3.8, 4) is 11.8 Å². The Kier molecular flexibility index (Phi) is 5.04. The van der Waals surface area contributed by atoms with E-state index in [4.69, 9.17) is 33.2 Å². The van der Waals surface area contributed by atoms with E-state index >= 15 is 0 Å². The van der Waals surface area contributed by atoms with Crippen molar-refractivity contribution in [1.82, 2.24) is 5.32 Å². The van der Waals surface area contributed by atoms with Crippen LogP contribution in [0.25, 0.3) is 0 Å². The maximum atomic E-state index is 11.6. The van der Waals surface area contributed by atoms with Crippen molar-refractivity contribution in [1.29, 1.82) is 5.26 Å². The predicted molar refractivity (Wildman–Crippen MR) is 74.5 cm³/mol. The van der Waals surface area contributed by atoms with Gasteiger partial charge < -0.3 is 10.1 Å². The molecule has 0 saturated carbocycles. The number of hydrogen-bond acceptors (Lipinski definition) is 3. The first-order valence-corrected chi connectivity index (χ1v) is 6.32. The van der Waals surface area contributed by atoms with Gasteiger partial charge in [-0.25, -0.2) is 0 Å². The Hall–Kier alpha value is -1.44. The van der Waals surface area contributed by atoms with Crippen LogP contribution in [0.4, 0.5) is 0 Å². The summed E-state index contributed by atoms with van der Waals surface area (Å²) < 4.78 is 5.31. The summed E-state index contributed by atoms with van der Waals surface area (Å²) in [5, 5.41) is 12.2. The summed E-state index contributed by atoms with van der Waals surface area (Å²) >= 11 is 11.9. The summed E-state index contributed by atoms with van der Waals surface area (Å²) in [6, 6.07) is 5.21. The molecule has 0 heterocycles. The fraction of sp³-hybridized carbons (Fsp3) is 0.385. The fourth-order valence-electron chi connectivity index (χ4n) is 1.30. The van der Waals surface area contributed by atoms with E-state index in [-0.39, 0.29) is 6.61 Å². The number of carbonyl (C=O) groups is 1. The molecule has 6 heteroatoms. The fourth-order valence-corrected chi connectivity index (χ4v) is 1.73. The number of nitriles is 1. The molecule has 0 fully saturated rings. The van der Waals surface area contributed by atoms with E-state index < -0.39 is 11.4 Å². The average Bonchev–Trinajstić information content (AvgIpc) is 2.34. The molecule has 0 unspecified atom stereocenters. The summed E-state index contributed by atoms with van der Waals surface area (Å²) in [5.74, 6) is -0.0105. The Bertz CT molecular complexity index is 536. The van der Waals surface area contributed by atoms with Gasteiger partial charge in [0, 0.05) is 5.02 Å². The van der Waals surface area contributed by atoms with Crippen LogP contribution in [0.5, 0.6) is 5.75 Å². The highest BCUT2D eigenvalue weighted by atomic mass is 35.5. The second-order valence-corrected chi connectivity index (χ2v) is 5.34. The number of carbonyl (C=O) groups excluding carboxylic acids is 1. The van der Waals surface area contributed by atoms with Gasteiger partial charge >= 0.3 is 0 Å². The zero-order valence-corrected chi connectivity index (χ0v) is 12.4. The van der Waals surface area contributed by atoms with Crippen LogP contribution in [0.2, 0.25) is 10.0 Å². The van der Waals surface area contributed by atoms with Gasteiger partial charge in [-0.2, -0.15) is 5.26 Å². The average molecular weight is 301 g/mol. The van der Waals surface area contributed by atoms with Gasteiger partial charge in [-0.1, -0.05) is 23.2 Å². The molecule has 0 atom stereocenters. The first-order valence-electron chi connectivity index (χ1n) is 5.56. The van der Waals surface area contributed by atoms with Gasteiger partial charge in [0.1, 0.15) is 11.3 Å². The molecule has 0 aliphatic heterocycles. The number of rotatable bonds is 4. The van der Waals surface area contributed by atoms with Gasteiger partial charge in [-0.3, -0.25) is 4.79 Å². The minimum atomic E-state index is -0.930. The molecular weight excluding hydrogens is 287 g/mol. The van der Waals surface area contributed by atoms with Crippen LogP contribution in [0.3, 0.4) is 0 Å². The van der Waals surface area contributed by atoms with E-state index in [1.54, 1.807) is 32.9 Å². The Morgan fingerprint density at radius 3 is 2.68 bits per heavy atom. The maximum absolute atomic E-state index is 11.6. The van der Waals surface area contributed by atoms with Crippen LogP contribution in [0.1, 0.15) is 19.4 Å². The highest BCUT2D eigenvalue weighted by Gasteiger charge is 2.19. The summed E-state index contributed by atoms with van der Waals surface area (Å²) in [6.45, 7) is 4.75. The highest BCUT2D eigenvalue weighted by Crippen LogP contribution is 2.32. The van der Waals surface area contributed by atoms with Gasteiger partial charge in [-0.05, 0) is 38.5 Å². The molecule has 102 valence electrons. The second-order valence-electron chi connectivity index (χ2n) is 4.56. The van der Waals surface area contributed by atoms with Crippen LogP contribution in [0.15, 0.2) is 12.1 Å². The van der Waals surface area contributed by atoms with Crippen molar-refractivity contribution < 1.29 is 9.53 Å². The van der Waals surface area contributed by atoms with Crippen LogP contribution < -0.4 is 10.1 Å². The molecule has 1 aromatic rings. The van der Waals surface area contributed by atoms with Crippen molar-refractivity contribution in [2.24, 2.45) is 0 Å². The molecule has 0 aromatic heterocycles. The van der Waals surface area contributed by atoms with Crippen LogP contribution in [-0.4, -0.2) is 18.1 Å². The van der Waals surface area contributed by atoms with Crippen molar-refractivity contribution >= 4 is 29.1 Å². The third-order valence-corrected chi connectivity index (χ3v) is 3.25. The number of nitrogens with zero attached hydrogens (tertiary/aromatic N) is 1. The molecule has 0 spiro atoms. The molecule has 1 aromatic carbocycles. The first kappa shape index (κ1) is 15.6. The smallest absolute Gasteiger partial charge is 0.259 e. The number of halogens is 2. The topological polar surface area (TPSA) is 62.1 Å². The lowest BCUT2D eigenvalue weighted by Gasteiger charge is -2.18. The highest BCUT2D eigenvalue weighted by molar-refractivity contribution is 6.36. The second kappa shape index (κ2) is 6.14. The Morgan fingerprint density at radius 1 is 1.47 bits per heavy atom. The zero-order chi connectivity index (χ0) is 14.6. The van der Waals surface area contributed by atoms with Gasteiger partial charge in [0.05, 0.1) is 11.1 Å². The summed E-state index contributed by atoms with van der Waals surface area (Å²) in [7, 11) is 0. The summed E-state index contributed by atoms with van der Waals surface area (Å²) in [5.41, 5.74) is -0.237. The lowest BCUT2D eigenvalue weighted by Crippen LogP contribution is -2.44. The number of nitrogens with one attached hydrogen (secondary N) is 1. The number of hydrogen-bond donors (Lipinski definition) is 1. The predicted octanol–water partition coefficient (Wildman–Crippen LogP) is 3.10. The SMILES string of the molecule is Cc1c(Cl)ccc(OCC(=O)NC(C)(C)C#N)c1Cl. The van der Waals surface area contributed by atoms with Gasteiger partial charge in [-0.15, -0.1) is 0 Å². The van der Waals surface area contributed by atoms with Crippen LogP contribution in [0, 0.1) is 18.3 Å². The zero-order valence-electron chi connectivity index (χ0n) is 10.9. The van der Waals surface area contributed by atoms with E-state index in [1.165, 1.54) is 0 Å². The molecule has 0 saturated heterocycles. The van der Waals surface area contributed by atoms with Crippen molar-refractivity contribution in [3.05, 3.63) is 27.7 Å². The third kappa shape index (κ3) is 4.30. The molecule has 0 aliphatic rings. The van der Waals surface area contributed by atoms with Crippen molar-refractivity contribution in [2.75, 3.05) is 6.61 Å². The van der Waals surface area contributed by atoms with Crippen LogP contribution >= 0.6 is 23.2 Å². The van der Waals surface area contributed by atoms with E-state index in [2.05, 4.69) is 5.32 Å². The monoisotopic (exact) mass is 300 g/mol. The Morgan fingerprint density at radius 2 is 2.11 bits per heavy atom. The lowest BCUT2D eigenvalue weighted by molar-refractivity contribution is -0.124. The Balaban J connectivity index is 2.66. The molecule has 0 radical (unpaired) electrons. The maximum Gasteiger partial charge on any atom is 0.259 e. The summed E-state index contributed by atoms with van der Waals surface area (Å²) in [4.78, 5) is 11.6. The first-order chi connectivity index (χ1) is 8.76. The Labute approximate surface area is 122 Å². The largest absolute Gasteiger partial charge is 0.482 e. The molecular formula is C13H14Cl2N2O2. The third-order valence-electron chi connectivity index (χ3n) is 2.38. The van der Waals surface area contributed by atoms with Crippen molar-refractivity contribution in [2.45, 2.75) is 26.3 Å². The minimum absolute atomic E-state index is 0.216. The normalized spacial score (nSPS) is 10.7. The van der Waals surface area contributed by atoms with Crippen LogP contribution in [-0.2, 0) is 4.79 Å². The van der Waals surface area contributed by atoms with E-state index in [0.717, 1.165) is 0 Å². The molecule has 19 heavy (non-hydrogen) atoms. The van der Waals surface area contributed by atoms with Crippen molar-refractivity contribution in [3.63, 3.8) is 0 Å². The standard InChI is InChI=1S/C13H14Cl2N2O2/c1-8-9(14)4-5-10(12(8)15)19-6-11(18)17-13(2,3)7-16/h4-5H,6H2,1-3H3,(H,17,18). The number of amides is 1. The van der Waals surface area contributed by atoms with E-state index in [0.29, 0.717) is 21.4 Å². The molecule has 1 rings (SSSR count). The van der Waals surface area contributed by atoms with E-state index in [9.17, 15) is 4.79 Å². The van der Waals surface area contributed by atoms with Gasteiger partial charge in [0.15, 0.2) is 6.61 Å². The molecule has 4 nitrogen and oxygen atoms in total. The van der Waals surface area contributed by atoms with Gasteiger partial charge in [0.2, 0.25) is 0 Å². The number of ether oxygens (including phenoxy) is 1.